The van der Waals surface area contributed by atoms with Crippen LogP contribution in [0.25, 0.3) is 0 Å². The van der Waals surface area contributed by atoms with E-state index in [9.17, 15) is 4.79 Å². The van der Waals surface area contributed by atoms with Crippen LogP contribution in [0.15, 0.2) is 24.3 Å². The Hall–Kier alpha value is -1.70. The van der Waals surface area contributed by atoms with Crippen molar-refractivity contribution in [1.29, 1.82) is 0 Å². The smallest absolute Gasteiger partial charge is 0.267 e. The van der Waals surface area contributed by atoms with E-state index in [4.69, 9.17) is 11.6 Å². The van der Waals surface area contributed by atoms with Crippen LogP contribution in [-0.4, -0.2) is 70.6 Å². The highest BCUT2D eigenvalue weighted by atomic mass is 35.5. The minimum atomic E-state index is 0.0877. The molecule has 144 valence electrons. The van der Waals surface area contributed by atoms with Crippen molar-refractivity contribution in [3.05, 3.63) is 39.9 Å². The molecule has 0 aliphatic carbocycles. The third-order valence-electron chi connectivity index (χ3n) is 5.53. The van der Waals surface area contributed by atoms with Gasteiger partial charge in [-0.1, -0.05) is 22.2 Å². The molecule has 2 aliphatic rings. The molecule has 2 saturated heterocycles. The second kappa shape index (κ2) is 8.12. The Morgan fingerprint density at radius 2 is 2.04 bits per heavy atom. The number of nitrogens with zero attached hydrogens (tertiary/aromatic N) is 5. The Labute approximate surface area is 168 Å². The van der Waals surface area contributed by atoms with E-state index in [2.05, 4.69) is 25.5 Å². The van der Waals surface area contributed by atoms with Gasteiger partial charge in [-0.3, -0.25) is 9.69 Å². The zero-order chi connectivity index (χ0) is 18.8. The van der Waals surface area contributed by atoms with Crippen molar-refractivity contribution in [3.63, 3.8) is 0 Å². The molecule has 6 nitrogen and oxygen atoms in total. The average Bonchev–Trinajstić information content (AvgIpc) is 3.13. The number of rotatable bonds is 3. The molecule has 0 radical (unpaired) electrons. The molecule has 1 amide bonds. The van der Waals surface area contributed by atoms with Crippen molar-refractivity contribution in [2.75, 3.05) is 44.2 Å². The van der Waals surface area contributed by atoms with E-state index in [0.717, 1.165) is 62.8 Å². The molecule has 0 N–H and O–H groups in total. The second-order valence-corrected chi connectivity index (χ2v) is 8.43. The Kier molecular flexibility index (Phi) is 5.61. The predicted molar refractivity (Wildman–Crippen MR) is 109 cm³/mol. The van der Waals surface area contributed by atoms with Crippen LogP contribution in [0.2, 0.25) is 5.02 Å². The van der Waals surface area contributed by atoms with Crippen LogP contribution >= 0.6 is 23.1 Å². The van der Waals surface area contributed by atoms with E-state index < -0.39 is 0 Å². The van der Waals surface area contributed by atoms with E-state index in [1.165, 1.54) is 17.2 Å². The lowest BCUT2D eigenvalue weighted by molar-refractivity contribution is 0.0567. The van der Waals surface area contributed by atoms with Crippen LogP contribution in [0.4, 0.5) is 5.69 Å². The SMILES string of the molecule is Cc1nnsc1C(=O)N1CCCC(N2CCN(c3cccc(Cl)c3)CC2)C1. The number of halogens is 1. The van der Waals surface area contributed by atoms with Gasteiger partial charge in [0.1, 0.15) is 4.88 Å². The van der Waals surface area contributed by atoms with Crippen molar-refractivity contribution in [3.8, 4) is 0 Å². The minimum absolute atomic E-state index is 0.0877. The number of piperazine rings is 1. The normalized spacial score (nSPS) is 21.5. The molecule has 2 fully saturated rings. The molecule has 4 rings (SSSR count). The molecule has 8 heteroatoms. The Bertz CT molecular complexity index is 805. The molecule has 0 saturated carbocycles. The van der Waals surface area contributed by atoms with Crippen molar-refractivity contribution >= 4 is 34.7 Å². The summed E-state index contributed by atoms with van der Waals surface area (Å²) in [6, 6.07) is 8.50. The summed E-state index contributed by atoms with van der Waals surface area (Å²) >= 11 is 7.33. The van der Waals surface area contributed by atoms with Gasteiger partial charge in [-0.15, -0.1) is 5.10 Å². The molecule has 1 unspecified atom stereocenters. The number of carbonyl (C=O) groups excluding carboxylic acids is 1. The van der Waals surface area contributed by atoms with E-state index in [1.54, 1.807) is 0 Å². The first-order valence-corrected chi connectivity index (χ1v) is 10.6. The number of aromatic nitrogens is 2. The third kappa shape index (κ3) is 4.10. The van der Waals surface area contributed by atoms with Crippen molar-refractivity contribution in [2.45, 2.75) is 25.8 Å². The van der Waals surface area contributed by atoms with Crippen molar-refractivity contribution in [2.24, 2.45) is 0 Å². The lowest BCUT2D eigenvalue weighted by Gasteiger charge is -2.43. The topological polar surface area (TPSA) is 52.6 Å². The Morgan fingerprint density at radius 1 is 1.22 bits per heavy atom. The number of hydrogen-bond donors (Lipinski definition) is 0. The molecule has 1 atom stereocenters. The first-order valence-electron chi connectivity index (χ1n) is 9.44. The summed E-state index contributed by atoms with van der Waals surface area (Å²) < 4.78 is 3.91. The van der Waals surface area contributed by atoms with E-state index in [0.29, 0.717) is 10.9 Å². The van der Waals surface area contributed by atoms with Crippen LogP contribution in [0.5, 0.6) is 0 Å². The number of anilines is 1. The quantitative estimate of drug-likeness (QED) is 0.785. The lowest BCUT2D eigenvalue weighted by atomic mass is 10.0. The molecule has 1 aromatic carbocycles. The van der Waals surface area contributed by atoms with Crippen LogP contribution < -0.4 is 4.90 Å². The van der Waals surface area contributed by atoms with E-state index in [1.807, 2.05) is 30.0 Å². The molecule has 1 aromatic heterocycles. The minimum Gasteiger partial charge on any atom is -0.369 e. The fraction of sp³-hybridized carbons (Fsp3) is 0.526. The summed E-state index contributed by atoms with van der Waals surface area (Å²) in [7, 11) is 0. The predicted octanol–water partition coefficient (Wildman–Crippen LogP) is 2.93. The summed E-state index contributed by atoms with van der Waals surface area (Å²) in [6.07, 6.45) is 2.21. The fourth-order valence-corrected chi connectivity index (χ4v) is 4.84. The first-order chi connectivity index (χ1) is 13.1. The van der Waals surface area contributed by atoms with Gasteiger partial charge in [-0.2, -0.15) is 0 Å². The second-order valence-electron chi connectivity index (χ2n) is 7.24. The van der Waals surface area contributed by atoms with E-state index >= 15 is 0 Å². The zero-order valence-electron chi connectivity index (χ0n) is 15.5. The van der Waals surface area contributed by atoms with Gasteiger partial charge in [-0.25, -0.2) is 0 Å². The highest BCUT2D eigenvalue weighted by Gasteiger charge is 2.31. The number of aryl methyl sites for hydroxylation is 1. The van der Waals surface area contributed by atoms with Crippen LogP contribution in [0.3, 0.4) is 0 Å². The van der Waals surface area contributed by atoms with Gasteiger partial charge >= 0.3 is 0 Å². The van der Waals surface area contributed by atoms with E-state index in [-0.39, 0.29) is 5.91 Å². The summed E-state index contributed by atoms with van der Waals surface area (Å²) in [4.78, 5) is 20.4. The molecule has 27 heavy (non-hydrogen) atoms. The lowest BCUT2D eigenvalue weighted by Crippen LogP contribution is -2.55. The Balaban J connectivity index is 1.36. The maximum Gasteiger partial charge on any atom is 0.267 e. The Morgan fingerprint density at radius 3 is 2.74 bits per heavy atom. The highest BCUT2D eigenvalue weighted by molar-refractivity contribution is 7.07. The largest absolute Gasteiger partial charge is 0.369 e. The van der Waals surface area contributed by atoms with Gasteiger partial charge in [0.2, 0.25) is 0 Å². The van der Waals surface area contributed by atoms with Gasteiger partial charge in [-0.05, 0) is 49.5 Å². The third-order valence-corrected chi connectivity index (χ3v) is 6.58. The summed E-state index contributed by atoms with van der Waals surface area (Å²) in [5, 5.41) is 4.76. The van der Waals surface area contributed by atoms with Crippen LogP contribution in [0, 0.1) is 6.92 Å². The molecule has 0 spiro atoms. The zero-order valence-corrected chi connectivity index (χ0v) is 17.0. The van der Waals surface area contributed by atoms with Gasteiger partial charge < -0.3 is 9.80 Å². The molecular weight excluding hydrogens is 382 g/mol. The summed E-state index contributed by atoms with van der Waals surface area (Å²) in [5.41, 5.74) is 1.93. The number of likely N-dealkylation sites (tertiary alicyclic amines) is 1. The highest BCUT2D eigenvalue weighted by Crippen LogP contribution is 2.24. The molecule has 0 bridgehead atoms. The van der Waals surface area contributed by atoms with Gasteiger partial charge in [0, 0.05) is 56.0 Å². The van der Waals surface area contributed by atoms with Gasteiger partial charge in [0.25, 0.3) is 5.91 Å². The molecule has 2 aliphatic heterocycles. The van der Waals surface area contributed by atoms with Crippen molar-refractivity contribution in [1.82, 2.24) is 19.4 Å². The molecule has 3 heterocycles. The number of piperidine rings is 1. The average molecular weight is 406 g/mol. The standard InChI is InChI=1S/C19H24ClN5OS/c1-14-18(27-22-21-14)19(26)25-7-3-6-17(13-25)24-10-8-23(9-11-24)16-5-2-4-15(20)12-16/h2,4-5,12,17H,3,6-11,13H2,1H3. The number of carbonyl (C=O) groups is 1. The summed E-state index contributed by atoms with van der Waals surface area (Å²) in [5.74, 6) is 0.0877. The maximum absolute atomic E-state index is 12.8. The fourth-order valence-electron chi connectivity index (χ4n) is 4.03. The summed E-state index contributed by atoms with van der Waals surface area (Å²) in [6.45, 7) is 7.49. The monoisotopic (exact) mass is 405 g/mol. The maximum atomic E-state index is 12.8. The first kappa shape index (κ1) is 18.7. The number of benzene rings is 1. The number of amides is 1. The van der Waals surface area contributed by atoms with Crippen molar-refractivity contribution < 1.29 is 4.79 Å². The van der Waals surface area contributed by atoms with Crippen LogP contribution in [0.1, 0.15) is 28.2 Å². The van der Waals surface area contributed by atoms with Gasteiger partial charge in [0.15, 0.2) is 0 Å². The number of hydrogen-bond acceptors (Lipinski definition) is 6. The van der Waals surface area contributed by atoms with Gasteiger partial charge in [0.05, 0.1) is 5.69 Å². The molecule has 2 aromatic rings. The molecular formula is C19H24ClN5OS. The van der Waals surface area contributed by atoms with Crippen LogP contribution in [-0.2, 0) is 0 Å².